The van der Waals surface area contributed by atoms with Crippen molar-refractivity contribution in [3.63, 3.8) is 0 Å². The van der Waals surface area contributed by atoms with Gasteiger partial charge in [-0.05, 0) is 49.7 Å². The fraction of sp³-hybridized carbons (Fsp3) is 0.294. The molecule has 1 aromatic heterocycles. The molecule has 0 aliphatic heterocycles. The topological polar surface area (TPSA) is 63.2 Å². The number of benzene rings is 1. The molecule has 2 rings (SSSR count). The van der Waals surface area contributed by atoms with E-state index in [1.54, 1.807) is 38.4 Å². The van der Waals surface area contributed by atoms with E-state index in [9.17, 15) is 18.0 Å². The maximum absolute atomic E-state index is 12.9. The number of rotatable bonds is 5. The molecule has 0 aliphatic rings. The van der Waals surface area contributed by atoms with Crippen molar-refractivity contribution in [1.29, 1.82) is 0 Å². The van der Waals surface area contributed by atoms with Crippen LogP contribution >= 0.6 is 0 Å². The smallest absolute Gasteiger partial charge is 0.416 e. The molecule has 5 nitrogen and oxygen atoms in total. The van der Waals surface area contributed by atoms with Crippen LogP contribution in [0, 0.1) is 0 Å². The molecular formula is C17H18F3N3O2. The van der Waals surface area contributed by atoms with E-state index in [0.29, 0.717) is 0 Å². The quantitative estimate of drug-likeness (QED) is 0.838. The van der Waals surface area contributed by atoms with Crippen molar-refractivity contribution in [3.05, 3.63) is 53.9 Å². The first-order valence-corrected chi connectivity index (χ1v) is 7.62. The SMILES string of the molecule is CCOc1ccc(C(F)(F)F)cc1NC(=O)NC(C)c1ccncc1. The first-order chi connectivity index (χ1) is 11.8. The van der Waals surface area contributed by atoms with Gasteiger partial charge < -0.3 is 15.4 Å². The van der Waals surface area contributed by atoms with Crippen LogP contribution in [-0.4, -0.2) is 17.6 Å². The summed E-state index contributed by atoms with van der Waals surface area (Å²) in [4.78, 5) is 16.0. The van der Waals surface area contributed by atoms with Gasteiger partial charge in [-0.25, -0.2) is 4.79 Å². The largest absolute Gasteiger partial charge is 0.492 e. The lowest BCUT2D eigenvalue weighted by molar-refractivity contribution is -0.137. The van der Waals surface area contributed by atoms with E-state index >= 15 is 0 Å². The maximum Gasteiger partial charge on any atom is 0.416 e. The van der Waals surface area contributed by atoms with Crippen molar-refractivity contribution in [3.8, 4) is 5.75 Å². The number of amides is 2. The highest BCUT2D eigenvalue weighted by Gasteiger charge is 2.31. The number of ether oxygens (including phenoxy) is 1. The summed E-state index contributed by atoms with van der Waals surface area (Å²) < 4.78 is 43.9. The van der Waals surface area contributed by atoms with Crippen molar-refractivity contribution in [2.75, 3.05) is 11.9 Å². The number of anilines is 1. The van der Waals surface area contributed by atoms with E-state index in [-0.39, 0.29) is 24.1 Å². The van der Waals surface area contributed by atoms with Gasteiger partial charge in [0.05, 0.1) is 23.9 Å². The molecule has 0 saturated carbocycles. The Morgan fingerprint density at radius 2 is 1.92 bits per heavy atom. The Balaban J connectivity index is 2.15. The Bertz CT molecular complexity index is 721. The van der Waals surface area contributed by atoms with Crippen molar-refractivity contribution in [2.45, 2.75) is 26.1 Å². The predicted octanol–water partition coefficient (Wildman–Crippen LogP) is 4.38. The van der Waals surface area contributed by atoms with Crippen LogP contribution in [0.1, 0.15) is 31.0 Å². The van der Waals surface area contributed by atoms with Gasteiger partial charge in [0, 0.05) is 12.4 Å². The number of carbonyl (C=O) groups excluding carboxylic acids is 1. The van der Waals surface area contributed by atoms with E-state index in [1.165, 1.54) is 6.07 Å². The Morgan fingerprint density at radius 1 is 1.24 bits per heavy atom. The minimum Gasteiger partial charge on any atom is -0.492 e. The molecule has 134 valence electrons. The number of urea groups is 1. The molecule has 0 spiro atoms. The summed E-state index contributed by atoms with van der Waals surface area (Å²) >= 11 is 0. The van der Waals surface area contributed by atoms with E-state index in [1.807, 2.05) is 0 Å². The summed E-state index contributed by atoms with van der Waals surface area (Å²) in [6, 6.07) is 5.44. The Labute approximate surface area is 143 Å². The van der Waals surface area contributed by atoms with Crippen LogP contribution in [0.2, 0.25) is 0 Å². The molecule has 1 atom stereocenters. The molecule has 1 aromatic carbocycles. The first kappa shape index (κ1) is 18.6. The second-order valence-electron chi connectivity index (χ2n) is 5.24. The zero-order valence-corrected chi connectivity index (χ0v) is 13.7. The summed E-state index contributed by atoms with van der Waals surface area (Å²) in [6.07, 6.45) is -1.33. The van der Waals surface area contributed by atoms with Crippen LogP contribution in [0.25, 0.3) is 0 Å². The van der Waals surface area contributed by atoms with E-state index < -0.39 is 17.8 Å². The summed E-state index contributed by atoms with van der Waals surface area (Å²) in [5.41, 5.74) is -0.0937. The number of alkyl halides is 3. The van der Waals surface area contributed by atoms with Gasteiger partial charge in [0.25, 0.3) is 0 Å². The number of carbonyl (C=O) groups is 1. The summed E-state index contributed by atoms with van der Waals surface area (Å²) in [5, 5.41) is 5.08. The standard InChI is InChI=1S/C17H18F3N3O2/c1-3-25-15-5-4-13(17(18,19)20)10-14(15)23-16(24)22-11(2)12-6-8-21-9-7-12/h4-11H,3H2,1-2H3,(H2,22,23,24). The van der Waals surface area contributed by atoms with Crippen molar-refractivity contribution in [1.82, 2.24) is 10.3 Å². The molecule has 8 heteroatoms. The van der Waals surface area contributed by atoms with Crippen molar-refractivity contribution in [2.24, 2.45) is 0 Å². The Hall–Kier alpha value is -2.77. The molecule has 1 unspecified atom stereocenters. The molecule has 1 heterocycles. The molecule has 2 aromatic rings. The number of nitrogens with one attached hydrogen (secondary N) is 2. The van der Waals surface area contributed by atoms with Crippen LogP contribution in [0.15, 0.2) is 42.7 Å². The van der Waals surface area contributed by atoms with Crippen LogP contribution in [0.3, 0.4) is 0 Å². The highest BCUT2D eigenvalue weighted by Crippen LogP contribution is 2.35. The van der Waals surface area contributed by atoms with Crippen LogP contribution < -0.4 is 15.4 Å². The minimum atomic E-state index is -4.51. The van der Waals surface area contributed by atoms with Gasteiger partial charge in [0.15, 0.2) is 0 Å². The molecule has 2 amide bonds. The average molecular weight is 353 g/mol. The lowest BCUT2D eigenvalue weighted by Gasteiger charge is -2.17. The number of nitrogens with zero attached hydrogens (tertiary/aromatic N) is 1. The lowest BCUT2D eigenvalue weighted by Crippen LogP contribution is -2.31. The third-order valence-electron chi connectivity index (χ3n) is 3.41. The molecular weight excluding hydrogens is 335 g/mol. The van der Waals surface area contributed by atoms with Gasteiger partial charge >= 0.3 is 12.2 Å². The van der Waals surface area contributed by atoms with Gasteiger partial charge in [0.1, 0.15) is 5.75 Å². The third-order valence-corrected chi connectivity index (χ3v) is 3.41. The molecule has 0 bridgehead atoms. The van der Waals surface area contributed by atoms with Crippen molar-refractivity contribution < 1.29 is 22.7 Å². The number of aromatic nitrogens is 1. The predicted molar refractivity (Wildman–Crippen MR) is 87.4 cm³/mol. The summed E-state index contributed by atoms with van der Waals surface area (Å²) in [5.74, 6) is 0.169. The molecule has 0 radical (unpaired) electrons. The van der Waals surface area contributed by atoms with Crippen molar-refractivity contribution >= 4 is 11.7 Å². The molecule has 0 saturated heterocycles. The Kier molecular flexibility index (Phi) is 5.84. The normalized spacial score (nSPS) is 12.4. The van der Waals surface area contributed by atoms with Crippen LogP contribution in [-0.2, 0) is 6.18 Å². The Morgan fingerprint density at radius 3 is 2.52 bits per heavy atom. The third kappa shape index (κ3) is 5.10. The van der Waals surface area contributed by atoms with Gasteiger partial charge in [-0.15, -0.1) is 0 Å². The monoisotopic (exact) mass is 353 g/mol. The first-order valence-electron chi connectivity index (χ1n) is 7.62. The average Bonchev–Trinajstić information content (AvgIpc) is 2.56. The minimum absolute atomic E-state index is 0.0453. The van der Waals surface area contributed by atoms with Crippen LogP contribution in [0.4, 0.5) is 23.7 Å². The fourth-order valence-corrected chi connectivity index (χ4v) is 2.18. The molecule has 0 fully saturated rings. The number of hydrogen-bond acceptors (Lipinski definition) is 3. The summed E-state index contributed by atoms with van der Waals surface area (Å²) in [6.45, 7) is 3.71. The highest BCUT2D eigenvalue weighted by molar-refractivity contribution is 5.91. The van der Waals surface area contributed by atoms with Gasteiger partial charge in [-0.1, -0.05) is 0 Å². The number of halogens is 3. The highest BCUT2D eigenvalue weighted by atomic mass is 19.4. The van der Waals surface area contributed by atoms with Gasteiger partial charge in [0.2, 0.25) is 0 Å². The number of hydrogen-bond donors (Lipinski definition) is 2. The number of pyridine rings is 1. The zero-order chi connectivity index (χ0) is 18.4. The second-order valence-corrected chi connectivity index (χ2v) is 5.24. The molecule has 0 aliphatic carbocycles. The zero-order valence-electron chi connectivity index (χ0n) is 13.7. The van der Waals surface area contributed by atoms with E-state index in [4.69, 9.17) is 4.74 Å². The fourth-order valence-electron chi connectivity index (χ4n) is 2.18. The lowest BCUT2D eigenvalue weighted by atomic mass is 10.1. The van der Waals surface area contributed by atoms with E-state index in [2.05, 4.69) is 15.6 Å². The molecule has 2 N–H and O–H groups in total. The van der Waals surface area contributed by atoms with Gasteiger partial charge in [-0.3, -0.25) is 4.98 Å². The van der Waals surface area contributed by atoms with Crippen LogP contribution in [0.5, 0.6) is 5.75 Å². The second kappa shape index (κ2) is 7.87. The molecule has 25 heavy (non-hydrogen) atoms. The summed E-state index contributed by atoms with van der Waals surface area (Å²) in [7, 11) is 0. The maximum atomic E-state index is 12.9. The van der Waals surface area contributed by atoms with E-state index in [0.717, 1.165) is 17.7 Å². The van der Waals surface area contributed by atoms with Gasteiger partial charge in [-0.2, -0.15) is 13.2 Å².